The van der Waals surface area contributed by atoms with Crippen molar-refractivity contribution in [3.63, 3.8) is 0 Å². The molecule has 0 bridgehead atoms. The summed E-state index contributed by atoms with van der Waals surface area (Å²) in [6, 6.07) is 16.8. The topological polar surface area (TPSA) is 62.6 Å². The van der Waals surface area contributed by atoms with Crippen LogP contribution in [0.2, 0.25) is 0 Å². The summed E-state index contributed by atoms with van der Waals surface area (Å²) in [4.78, 5) is 27.9. The number of anilines is 1. The molecule has 2 heterocycles. The predicted octanol–water partition coefficient (Wildman–Crippen LogP) is 3.97. The molecule has 2 aromatic carbocycles. The normalized spacial score (nSPS) is 17.5. The SMILES string of the molecule is O=C(Nc1ccc2c(c1)CCC2)C1Cc2ccccc2CN1C(=O)c1ccco1. The Kier molecular flexibility index (Phi) is 4.43. The van der Waals surface area contributed by atoms with E-state index < -0.39 is 6.04 Å². The van der Waals surface area contributed by atoms with Gasteiger partial charge in [-0.1, -0.05) is 30.3 Å². The quantitative estimate of drug-likeness (QED) is 0.741. The predicted molar refractivity (Wildman–Crippen MR) is 110 cm³/mol. The Bertz CT molecular complexity index is 1070. The molecule has 2 amide bonds. The van der Waals surface area contributed by atoms with E-state index in [4.69, 9.17) is 4.42 Å². The van der Waals surface area contributed by atoms with Gasteiger partial charge in [0.15, 0.2) is 5.76 Å². The maximum Gasteiger partial charge on any atom is 0.290 e. The van der Waals surface area contributed by atoms with E-state index >= 15 is 0 Å². The number of benzene rings is 2. The molecule has 0 radical (unpaired) electrons. The van der Waals surface area contributed by atoms with Gasteiger partial charge >= 0.3 is 0 Å². The average molecular weight is 386 g/mol. The van der Waals surface area contributed by atoms with Crippen LogP contribution in [0, 0.1) is 0 Å². The minimum absolute atomic E-state index is 0.169. The molecular weight excluding hydrogens is 364 g/mol. The number of furan rings is 1. The second kappa shape index (κ2) is 7.24. The molecule has 1 aliphatic carbocycles. The Morgan fingerprint density at radius 1 is 0.931 bits per heavy atom. The summed E-state index contributed by atoms with van der Waals surface area (Å²) in [6.45, 7) is 0.387. The first-order valence-electron chi connectivity index (χ1n) is 10.0. The number of hydrogen-bond donors (Lipinski definition) is 1. The third-order valence-electron chi connectivity index (χ3n) is 5.91. The number of nitrogens with one attached hydrogen (secondary N) is 1. The number of carbonyl (C=O) groups excluding carboxylic acids is 2. The Morgan fingerprint density at radius 3 is 2.59 bits per heavy atom. The lowest BCUT2D eigenvalue weighted by atomic mass is 9.93. The molecule has 5 rings (SSSR count). The molecule has 1 aromatic heterocycles. The number of nitrogens with zero attached hydrogens (tertiary/aromatic N) is 1. The molecule has 1 atom stereocenters. The van der Waals surface area contributed by atoms with E-state index in [9.17, 15) is 9.59 Å². The second-order valence-corrected chi connectivity index (χ2v) is 7.73. The standard InChI is InChI=1S/C24H22N2O3/c27-23(25-20-11-10-16-7-3-8-17(16)13-20)21-14-18-5-1-2-6-19(18)15-26(21)24(28)22-9-4-12-29-22/h1-2,4-6,9-13,21H,3,7-8,14-15H2,(H,25,27). The minimum Gasteiger partial charge on any atom is -0.459 e. The Hall–Kier alpha value is -3.34. The molecule has 1 unspecified atom stereocenters. The van der Waals surface area contributed by atoms with Crippen molar-refractivity contribution in [3.05, 3.63) is 88.9 Å². The zero-order chi connectivity index (χ0) is 19.8. The van der Waals surface area contributed by atoms with Crippen molar-refractivity contribution in [2.24, 2.45) is 0 Å². The van der Waals surface area contributed by atoms with Crippen LogP contribution in [-0.4, -0.2) is 22.8 Å². The van der Waals surface area contributed by atoms with Gasteiger partial charge in [0.05, 0.1) is 6.26 Å². The van der Waals surface area contributed by atoms with Gasteiger partial charge in [-0.25, -0.2) is 0 Å². The first-order valence-corrected chi connectivity index (χ1v) is 10.0. The fraction of sp³-hybridized carbons (Fsp3) is 0.250. The van der Waals surface area contributed by atoms with Gasteiger partial charge in [0.2, 0.25) is 5.91 Å². The van der Waals surface area contributed by atoms with Crippen molar-refractivity contribution >= 4 is 17.5 Å². The van der Waals surface area contributed by atoms with E-state index in [-0.39, 0.29) is 17.6 Å². The van der Waals surface area contributed by atoms with Gasteiger partial charge in [0.25, 0.3) is 5.91 Å². The zero-order valence-electron chi connectivity index (χ0n) is 16.1. The number of fused-ring (bicyclic) bond motifs is 2. The third-order valence-corrected chi connectivity index (χ3v) is 5.91. The Labute approximate surface area is 169 Å². The summed E-state index contributed by atoms with van der Waals surface area (Å²) in [5.41, 5.74) is 5.63. The molecule has 146 valence electrons. The van der Waals surface area contributed by atoms with Gasteiger partial charge in [-0.05, 0) is 65.8 Å². The van der Waals surface area contributed by atoms with Gasteiger partial charge in [0, 0.05) is 18.7 Å². The van der Waals surface area contributed by atoms with E-state index in [0.29, 0.717) is 13.0 Å². The van der Waals surface area contributed by atoms with Crippen LogP contribution in [0.1, 0.15) is 39.2 Å². The Balaban J connectivity index is 1.43. The highest BCUT2D eigenvalue weighted by Gasteiger charge is 2.36. The van der Waals surface area contributed by atoms with Gasteiger partial charge < -0.3 is 14.6 Å². The largest absolute Gasteiger partial charge is 0.459 e. The lowest BCUT2D eigenvalue weighted by molar-refractivity contribution is -0.121. The molecule has 2 aliphatic rings. The number of hydrogen-bond acceptors (Lipinski definition) is 3. The number of amides is 2. The summed E-state index contributed by atoms with van der Waals surface area (Å²) in [6.07, 6.45) is 5.29. The van der Waals surface area contributed by atoms with Crippen LogP contribution in [0.25, 0.3) is 0 Å². The van der Waals surface area contributed by atoms with Crippen LogP contribution in [0.5, 0.6) is 0 Å². The number of rotatable bonds is 3. The van der Waals surface area contributed by atoms with Crippen molar-refractivity contribution in [3.8, 4) is 0 Å². The summed E-state index contributed by atoms with van der Waals surface area (Å²) in [7, 11) is 0. The van der Waals surface area contributed by atoms with Crippen molar-refractivity contribution < 1.29 is 14.0 Å². The number of carbonyl (C=O) groups is 2. The van der Waals surface area contributed by atoms with Crippen LogP contribution in [0.3, 0.4) is 0 Å². The van der Waals surface area contributed by atoms with Crippen LogP contribution in [0.4, 0.5) is 5.69 Å². The summed E-state index contributed by atoms with van der Waals surface area (Å²) in [5, 5.41) is 3.04. The van der Waals surface area contributed by atoms with Crippen LogP contribution < -0.4 is 5.32 Å². The molecule has 0 spiro atoms. The summed E-state index contributed by atoms with van der Waals surface area (Å²) in [5.74, 6) is -0.185. The molecule has 29 heavy (non-hydrogen) atoms. The van der Waals surface area contributed by atoms with E-state index in [0.717, 1.165) is 36.1 Å². The van der Waals surface area contributed by atoms with Crippen molar-refractivity contribution in [1.29, 1.82) is 0 Å². The van der Waals surface area contributed by atoms with E-state index in [2.05, 4.69) is 17.4 Å². The molecule has 5 nitrogen and oxygen atoms in total. The molecule has 1 aliphatic heterocycles. The fourth-order valence-corrected chi connectivity index (χ4v) is 4.39. The molecular formula is C24H22N2O3. The highest BCUT2D eigenvalue weighted by atomic mass is 16.3. The third kappa shape index (κ3) is 3.33. The highest BCUT2D eigenvalue weighted by molar-refractivity contribution is 6.00. The highest BCUT2D eigenvalue weighted by Crippen LogP contribution is 2.28. The van der Waals surface area contributed by atoms with E-state index in [1.165, 1.54) is 17.4 Å². The van der Waals surface area contributed by atoms with Crippen molar-refractivity contribution in [2.75, 3.05) is 5.32 Å². The maximum atomic E-state index is 13.2. The van der Waals surface area contributed by atoms with Crippen molar-refractivity contribution in [1.82, 2.24) is 4.90 Å². The lowest BCUT2D eigenvalue weighted by Crippen LogP contribution is -2.50. The lowest BCUT2D eigenvalue weighted by Gasteiger charge is -2.35. The van der Waals surface area contributed by atoms with Crippen LogP contribution in [0.15, 0.2) is 65.3 Å². The van der Waals surface area contributed by atoms with E-state index in [1.807, 2.05) is 30.3 Å². The van der Waals surface area contributed by atoms with Gasteiger partial charge in [0.1, 0.15) is 6.04 Å². The summed E-state index contributed by atoms with van der Waals surface area (Å²) < 4.78 is 5.31. The molecule has 0 saturated carbocycles. The van der Waals surface area contributed by atoms with Crippen LogP contribution >= 0.6 is 0 Å². The number of aryl methyl sites for hydroxylation is 2. The average Bonchev–Trinajstić information content (AvgIpc) is 3.44. The summed E-state index contributed by atoms with van der Waals surface area (Å²) >= 11 is 0. The first kappa shape index (κ1) is 17.7. The smallest absolute Gasteiger partial charge is 0.290 e. The molecule has 0 saturated heterocycles. The van der Waals surface area contributed by atoms with Crippen LogP contribution in [-0.2, 0) is 30.6 Å². The Morgan fingerprint density at radius 2 is 1.76 bits per heavy atom. The minimum atomic E-state index is -0.587. The molecule has 1 N–H and O–H groups in total. The molecule has 5 heteroatoms. The van der Waals surface area contributed by atoms with Gasteiger partial charge in [-0.2, -0.15) is 0 Å². The van der Waals surface area contributed by atoms with Crippen molar-refractivity contribution in [2.45, 2.75) is 38.3 Å². The zero-order valence-corrected chi connectivity index (χ0v) is 16.1. The van der Waals surface area contributed by atoms with Gasteiger partial charge in [-0.15, -0.1) is 0 Å². The molecule has 0 fully saturated rings. The second-order valence-electron chi connectivity index (χ2n) is 7.73. The van der Waals surface area contributed by atoms with Gasteiger partial charge in [-0.3, -0.25) is 9.59 Å². The maximum absolute atomic E-state index is 13.2. The first-order chi connectivity index (χ1) is 14.2. The van der Waals surface area contributed by atoms with E-state index in [1.54, 1.807) is 17.0 Å². The molecule has 3 aromatic rings. The fourth-order valence-electron chi connectivity index (χ4n) is 4.39. The monoisotopic (exact) mass is 386 g/mol.